The fraction of sp³-hybridized carbons (Fsp3) is 0.250. The normalized spacial score (nSPS) is 9.50. The van der Waals surface area contributed by atoms with E-state index in [-0.39, 0.29) is 11.5 Å². The Balaban J connectivity index is 3.23. The van der Waals surface area contributed by atoms with Crippen LogP contribution in [0.25, 0.3) is 0 Å². The Labute approximate surface area is 70.4 Å². The van der Waals surface area contributed by atoms with Gasteiger partial charge in [-0.25, -0.2) is 0 Å². The Morgan fingerprint density at radius 1 is 1.67 bits per heavy atom. The quantitative estimate of drug-likeness (QED) is 0.662. The second-order valence-corrected chi connectivity index (χ2v) is 2.33. The molecule has 0 saturated heterocycles. The maximum absolute atomic E-state index is 10.9. The first-order valence-corrected chi connectivity index (χ1v) is 3.46. The summed E-state index contributed by atoms with van der Waals surface area (Å²) in [6.45, 7) is 1.41. The van der Waals surface area contributed by atoms with Crippen LogP contribution in [0.3, 0.4) is 0 Å². The van der Waals surface area contributed by atoms with Crippen LogP contribution in [0.1, 0.15) is 17.4 Å². The Morgan fingerprint density at radius 3 is 2.83 bits per heavy atom. The largest absolute Gasteiger partial charge is 0.494 e. The van der Waals surface area contributed by atoms with Crippen molar-refractivity contribution in [3.8, 4) is 5.75 Å². The summed E-state index contributed by atoms with van der Waals surface area (Å²) in [6.07, 6.45) is 1.49. The molecule has 0 atom stereocenters. The number of aromatic nitrogens is 1. The topological polar surface area (TPSA) is 65.2 Å². The molecule has 0 radical (unpaired) electrons. The number of anilines is 1. The number of hydrogen-bond acceptors (Lipinski definition) is 4. The zero-order valence-electron chi connectivity index (χ0n) is 7.00. The van der Waals surface area contributed by atoms with Crippen LogP contribution in [0, 0.1) is 0 Å². The molecule has 0 aromatic carbocycles. The molecule has 4 nitrogen and oxygen atoms in total. The van der Waals surface area contributed by atoms with Gasteiger partial charge in [-0.3, -0.25) is 9.78 Å². The third-order valence-electron chi connectivity index (χ3n) is 1.50. The molecule has 0 saturated carbocycles. The number of hydrogen-bond donors (Lipinski definition) is 1. The van der Waals surface area contributed by atoms with Gasteiger partial charge in [0.25, 0.3) is 0 Å². The smallest absolute Gasteiger partial charge is 0.180 e. The summed E-state index contributed by atoms with van der Waals surface area (Å²) in [4.78, 5) is 14.8. The van der Waals surface area contributed by atoms with Gasteiger partial charge in [0.1, 0.15) is 17.1 Å². The minimum absolute atomic E-state index is 0.161. The van der Waals surface area contributed by atoms with Crippen LogP contribution in [-0.2, 0) is 0 Å². The number of ketones is 1. The number of nitrogen functional groups attached to an aromatic ring is 1. The summed E-state index contributed by atoms with van der Waals surface area (Å²) in [7, 11) is 1.50. The minimum Gasteiger partial charge on any atom is -0.494 e. The molecule has 0 unspecified atom stereocenters. The number of nitrogens with two attached hydrogens (primary N) is 1. The van der Waals surface area contributed by atoms with Crippen LogP contribution >= 0.6 is 0 Å². The van der Waals surface area contributed by atoms with E-state index in [9.17, 15) is 4.79 Å². The van der Waals surface area contributed by atoms with E-state index >= 15 is 0 Å². The first-order chi connectivity index (χ1) is 5.66. The first-order valence-electron chi connectivity index (χ1n) is 3.46. The lowest BCUT2D eigenvalue weighted by Crippen LogP contribution is -2.04. The molecular formula is C8H10N2O2. The third kappa shape index (κ3) is 1.37. The molecule has 12 heavy (non-hydrogen) atoms. The van der Waals surface area contributed by atoms with E-state index in [0.717, 1.165) is 0 Å². The first kappa shape index (κ1) is 8.52. The average molecular weight is 166 g/mol. The molecule has 64 valence electrons. The summed E-state index contributed by atoms with van der Waals surface area (Å²) in [5.41, 5.74) is 6.14. The van der Waals surface area contributed by atoms with Gasteiger partial charge < -0.3 is 10.5 Å². The highest BCUT2D eigenvalue weighted by atomic mass is 16.5. The van der Waals surface area contributed by atoms with Crippen LogP contribution in [0.4, 0.5) is 5.69 Å². The zero-order chi connectivity index (χ0) is 9.14. The van der Waals surface area contributed by atoms with Crippen molar-refractivity contribution in [3.05, 3.63) is 18.0 Å². The van der Waals surface area contributed by atoms with Crippen molar-refractivity contribution in [2.45, 2.75) is 6.92 Å². The molecule has 1 aromatic rings. The molecule has 0 bridgehead atoms. The lowest BCUT2D eigenvalue weighted by molar-refractivity contribution is 0.101. The number of carbonyl (C=O) groups is 1. The van der Waals surface area contributed by atoms with Crippen LogP contribution in [0.2, 0.25) is 0 Å². The van der Waals surface area contributed by atoms with E-state index < -0.39 is 0 Å². The van der Waals surface area contributed by atoms with E-state index in [0.29, 0.717) is 11.4 Å². The van der Waals surface area contributed by atoms with E-state index in [4.69, 9.17) is 10.5 Å². The van der Waals surface area contributed by atoms with E-state index in [1.165, 1.54) is 20.2 Å². The van der Waals surface area contributed by atoms with Crippen molar-refractivity contribution in [3.63, 3.8) is 0 Å². The second-order valence-electron chi connectivity index (χ2n) is 2.33. The van der Waals surface area contributed by atoms with Crippen molar-refractivity contribution in [2.75, 3.05) is 12.8 Å². The lowest BCUT2D eigenvalue weighted by atomic mass is 10.2. The molecule has 0 aliphatic rings. The number of pyridine rings is 1. The summed E-state index contributed by atoms with van der Waals surface area (Å²) >= 11 is 0. The van der Waals surface area contributed by atoms with Gasteiger partial charge in [-0.05, 0) is 0 Å². The lowest BCUT2D eigenvalue weighted by Gasteiger charge is -2.05. The Bertz CT molecular complexity index is 310. The van der Waals surface area contributed by atoms with Gasteiger partial charge in [-0.15, -0.1) is 0 Å². The summed E-state index contributed by atoms with van der Waals surface area (Å²) in [5, 5.41) is 0. The van der Waals surface area contributed by atoms with Gasteiger partial charge in [0.15, 0.2) is 5.78 Å². The highest BCUT2D eigenvalue weighted by Crippen LogP contribution is 2.22. The minimum atomic E-state index is -0.161. The predicted octanol–water partition coefficient (Wildman–Crippen LogP) is 0.875. The van der Waals surface area contributed by atoms with Crippen LogP contribution < -0.4 is 10.5 Å². The van der Waals surface area contributed by atoms with Crippen molar-refractivity contribution < 1.29 is 9.53 Å². The standard InChI is InChI=1S/C8H10N2O2/c1-5(11)8-7(9)6(12-2)3-4-10-8/h3-4H,9H2,1-2H3. The van der Waals surface area contributed by atoms with Gasteiger partial charge in [0.2, 0.25) is 0 Å². The molecule has 1 heterocycles. The van der Waals surface area contributed by atoms with E-state index in [1.54, 1.807) is 6.07 Å². The number of nitrogens with zero attached hydrogens (tertiary/aromatic N) is 1. The summed E-state index contributed by atoms with van der Waals surface area (Å²) < 4.78 is 4.92. The maximum Gasteiger partial charge on any atom is 0.180 e. The van der Waals surface area contributed by atoms with Gasteiger partial charge in [-0.2, -0.15) is 0 Å². The Hall–Kier alpha value is -1.58. The fourth-order valence-corrected chi connectivity index (χ4v) is 0.914. The van der Waals surface area contributed by atoms with Crippen molar-refractivity contribution in [1.29, 1.82) is 0 Å². The summed E-state index contributed by atoms with van der Waals surface area (Å²) in [6, 6.07) is 1.61. The monoisotopic (exact) mass is 166 g/mol. The van der Waals surface area contributed by atoms with Crippen molar-refractivity contribution in [2.24, 2.45) is 0 Å². The molecule has 0 fully saturated rings. The number of methoxy groups -OCH3 is 1. The molecule has 4 heteroatoms. The third-order valence-corrected chi connectivity index (χ3v) is 1.50. The average Bonchev–Trinajstić information content (AvgIpc) is 2.04. The SMILES string of the molecule is COc1ccnc(C(C)=O)c1N. The molecule has 0 aliphatic carbocycles. The number of Topliss-reactive ketones (excluding diaryl/α,β-unsaturated/α-hetero) is 1. The molecule has 2 N–H and O–H groups in total. The fourth-order valence-electron chi connectivity index (χ4n) is 0.914. The van der Waals surface area contributed by atoms with Gasteiger partial charge in [0, 0.05) is 19.2 Å². The number of rotatable bonds is 2. The molecule has 0 spiro atoms. The maximum atomic E-state index is 10.9. The number of carbonyl (C=O) groups excluding carboxylic acids is 1. The number of ether oxygens (including phenoxy) is 1. The second kappa shape index (κ2) is 3.21. The van der Waals surface area contributed by atoms with Crippen LogP contribution in [0.15, 0.2) is 12.3 Å². The van der Waals surface area contributed by atoms with Crippen LogP contribution in [0.5, 0.6) is 5.75 Å². The molecule has 1 rings (SSSR count). The van der Waals surface area contributed by atoms with Gasteiger partial charge in [0.05, 0.1) is 7.11 Å². The highest BCUT2D eigenvalue weighted by molar-refractivity contribution is 5.98. The predicted molar refractivity (Wildman–Crippen MR) is 45.2 cm³/mol. The van der Waals surface area contributed by atoms with Crippen molar-refractivity contribution in [1.82, 2.24) is 4.98 Å². The molecule has 0 amide bonds. The molecule has 0 aliphatic heterocycles. The van der Waals surface area contributed by atoms with Crippen LogP contribution in [-0.4, -0.2) is 17.9 Å². The zero-order valence-corrected chi connectivity index (χ0v) is 7.00. The van der Waals surface area contributed by atoms with E-state index in [2.05, 4.69) is 4.98 Å². The summed E-state index contributed by atoms with van der Waals surface area (Å²) in [5.74, 6) is 0.321. The highest BCUT2D eigenvalue weighted by Gasteiger charge is 2.09. The van der Waals surface area contributed by atoms with Crippen molar-refractivity contribution >= 4 is 11.5 Å². The Kier molecular flexibility index (Phi) is 2.28. The van der Waals surface area contributed by atoms with Gasteiger partial charge >= 0.3 is 0 Å². The molecule has 1 aromatic heterocycles. The van der Waals surface area contributed by atoms with Gasteiger partial charge in [-0.1, -0.05) is 0 Å². The Morgan fingerprint density at radius 2 is 2.33 bits per heavy atom. The molecular weight excluding hydrogens is 156 g/mol. The van der Waals surface area contributed by atoms with E-state index in [1.807, 2.05) is 0 Å².